The Morgan fingerprint density at radius 3 is 2.67 bits per heavy atom. The molecule has 1 aromatic rings. The second-order valence-electron chi connectivity index (χ2n) is 4.29. The summed E-state index contributed by atoms with van der Waals surface area (Å²) in [5.74, 6) is 0. The first-order valence-corrected chi connectivity index (χ1v) is 7.38. The molecule has 100 valence electrons. The van der Waals surface area contributed by atoms with Crippen molar-refractivity contribution in [3.05, 3.63) is 23.2 Å². The summed E-state index contributed by atoms with van der Waals surface area (Å²) in [5.41, 5.74) is 0.530. The summed E-state index contributed by atoms with van der Waals surface area (Å²) in [6.07, 6.45) is 4.53. The Morgan fingerprint density at radius 2 is 2.06 bits per heavy atom. The van der Waals surface area contributed by atoms with Crippen LogP contribution >= 0.6 is 11.6 Å². The van der Waals surface area contributed by atoms with Crippen LogP contribution in [0.2, 0.25) is 5.15 Å². The topological polar surface area (TPSA) is 66.4 Å². The van der Waals surface area contributed by atoms with E-state index in [0.29, 0.717) is 18.7 Å². The first kappa shape index (κ1) is 13.7. The Balaban J connectivity index is 2.38. The van der Waals surface area contributed by atoms with Gasteiger partial charge in [-0.1, -0.05) is 11.6 Å². The maximum Gasteiger partial charge on any atom is 0.282 e. The molecular weight excluding hydrogens is 276 g/mol. The van der Waals surface area contributed by atoms with Gasteiger partial charge in [0.25, 0.3) is 10.2 Å². The molecule has 0 aromatic carbocycles. The Bertz CT molecular complexity index is 534. The molecule has 1 aliphatic heterocycles. The van der Waals surface area contributed by atoms with E-state index in [2.05, 4.69) is 9.97 Å². The van der Waals surface area contributed by atoms with Crippen LogP contribution in [0.4, 0.5) is 0 Å². The minimum Gasteiger partial charge on any atom is -0.255 e. The third-order valence-electron chi connectivity index (χ3n) is 2.96. The largest absolute Gasteiger partial charge is 0.282 e. The zero-order valence-corrected chi connectivity index (χ0v) is 11.8. The average Bonchev–Trinajstić information content (AvgIpc) is 2.78. The van der Waals surface area contributed by atoms with E-state index in [0.717, 1.165) is 6.42 Å². The monoisotopic (exact) mass is 290 g/mol. The van der Waals surface area contributed by atoms with Crippen molar-refractivity contribution in [2.75, 3.05) is 20.6 Å². The zero-order valence-electron chi connectivity index (χ0n) is 10.2. The van der Waals surface area contributed by atoms with Crippen molar-refractivity contribution < 1.29 is 8.42 Å². The molecule has 2 rings (SSSR count). The van der Waals surface area contributed by atoms with Crippen LogP contribution in [0.3, 0.4) is 0 Å². The van der Waals surface area contributed by atoms with Crippen molar-refractivity contribution in [2.45, 2.75) is 18.9 Å². The summed E-state index contributed by atoms with van der Waals surface area (Å²) < 4.78 is 27.0. The molecule has 8 heteroatoms. The number of hydrogen-bond donors (Lipinski definition) is 0. The molecule has 0 bridgehead atoms. The molecule has 1 aliphatic rings. The number of halogens is 1. The second-order valence-corrected chi connectivity index (χ2v) is 6.74. The van der Waals surface area contributed by atoms with Crippen LogP contribution < -0.4 is 0 Å². The lowest BCUT2D eigenvalue weighted by atomic mass is 10.2. The van der Waals surface area contributed by atoms with Crippen molar-refractivity contribution in [3.8, 4) is 0 Å². The van der Waals surface area contributed by atoms with E-state index in [9.17, 15) is 8.42 Å². The van der Waals surface area contributed by atoms with Gasteiger partial charge in [0.2, 0.25) is 0 Å². The van der Waals surface area contributed by atoms with E-state index < -0.39 is 10.2 Å². The molecule has 1 atom stereocenters. The van der Waals surface area contributed by atoms with Gasteiger partial charge in [-0.15, -0.1) is 0 Å². The summed E-state index contributed by atoms with van der Waals surface area (Å²) in [7, 11) is -0.417. The molecule has 0 radical (unpaired) electrons. The molecule has 6 nitrogen and oxygen atoms in total. The van der Waals surface area contributed by atoms with Gasteiger partial charge in [-0.25, -0.2) is 4.98 Å². The first-order chi connectivity index (χ1) is 8.44. The minimum atomic E-state index is -3.45. The third kappa shape index (κ3) is 2.35. The van der Waals surface area contributed by atoms with Crippen molar-refractivity contribution in [1.82, 2.24) is 18.6 Å². The van der Waals surface area contributed by atoms with E-state index in [1.165, 1.54) is 35.1 Å². The molecule has 2 heterocycles. The summed E-state index contributed by atoms with van der Waals surface area (Å²) in [6.45, 7) is 0.484. The number of hydrogen-bond acceptors (Lipinski definition) is 4. The van der Waals surface area contributed by atoms with Gasteiger partial charge in [-0.3, -0.25) is 4.98 Å². The maximum absolute atomic E-state index is 12.2. The highest BCUT2D eigenvalue weighted by molar-refractivity contribution is 7.86. The van der Waals surface area contributed by atoms with Crippen LogP contribution in [0.15, 0.2) is 12.4 Å². The Hall–Kier alpha value is -0.760. The molecule has 0 spiro atoms. The molecule has 18 heavy (non-hydrogen) atoms. The minimum absolute atomic E-state index is 0.267. The van der Waals surface area contributed by atoms with Crippen LogP contribution in [-0.4, -0.2) is 47.6 Å². The summed E-state index contributed by atoms with van der Waals surface area (Å²) >= 11 is 5.99. The molecular formula is C10H15ClN4O2S. The van der Waals surface area contributed by atoms with Crippen LogP contribution in [0.5, 0.6) is 0 Å². The van der Waals surface area contributed by atoms with Crippen LogP contribution in [-0.2, 0) is 10.2 Å². The lowest BCUT2D eigenvalue weighted by Crippen LogP contribution is -2.39. The quantitative estimate of drug-likeness (QED) is 0.835. The predicted octanol–water partition coefficient (Wildman–Crippen LogP) is 1.07. The first-order valence-electron chi connectivity index (χ1n) is 5.60. The summed E-state index contributed by atoms with van der Waals surface area (Å²) in [6, 6.07) is -0.321. The van der Waals surface area contributed by atoms with Gasteiger partial charge in [0.15, 0.2) is 5.15 Å². The number of aromatic nitrogens is 2. The molecule has 0 amide bonds. The van der Waals surface area contributed by atoms with Crippen molar-refractivity contribution >= 4 is 21.8 Å². The highest BCUT2D eigenvalue weighted by Crippen LogP contribution is 2.35. The van der Waals surface area contributed by atoms with Gasteiger partial charge in [-0.2, -0.15) is 17.0 Å². The lowest BCUT2D eigenvalue weighted by molar-refractivity contribution is 0.357. The second kappa shape index (κ2) is 5.08. The van der Waals surface area contributed by atoms with Crippen molar-refractivity contribution in [2.24, 2.45) is 0 Å². The zero-order chi connectivity index (χ0) is 13.3. The van der Waals surface area contributed by atoms with E-state index in [1.807, 2.05) is 0 Å². The molecule has 1 aromatic heterocycles. The van der Waals surface area contributed by atoms with Gasteiger partial charge in [0.1, 0.15) is 0 Å². The third-order valence-corrected chi connectivity index (χ3v) is 5.20. The average molecular weight is 291 g/mol. The summed E-state index contributed by atoms with van der Waals surface area (Å²) in [4.78, 5) is 8.12. The highest BCUT2D eigenvalue weighted by Gasteiger charge is 2.38. The highest BCUT2D eigenvalue weighted by atomic mass is 35.5. The number of nitrogens with zero attached hydrogens (tertiary/aromatic N) is 4. The van der Waals surface area contributed by atoms with Gasteiger partial charge >= 0.3 is 0 Å². The summed E-state index contributed by atoms with van der Waals surface area (Å²) in [5, 5.41) is 0.267. The van der Waals surface area contributed by atoms with Gasteiger partial charge in [0.05, 0.1) is 11.7 Å². The normalized spacial score (nSPS) is 21.7. The fraction of sp³-hybridized carbons (Fsp3) is 0.600. The van der Waals surface area contributed by atoms with Crippen molar-refractivity contribution in [1.29, 1.82) is 0 Å². The van der Waals surface area contributed by atoms with Crippen LogP contribution in [0, 0.1) is 0 Å². The predicted molar refractivity (Wildman–Crippen MR) is 68.3 cm³/mol. The number of rotatable bonds is 3. The van der Waals surface area contributed by atoms with Crippen LogP contribution in [0.1, 0.15) is 24.6 Å². The fourth-order valence-electron chi connectivity index (χ4n) is 2.05. The maximum atomic E-state index is 12.2. The smallest absolute Gasteiger partial charge is 0.255 e. The molecule has 1 saturated heterocycles. The SMILES string of the molecule is CN(C)S(=O)(=O)N1CCCC1c1nccnc1Cl. The van der Waals surface area contributed by atoms with E-state index >= 15 is 0 Å². The fourth-order valence-corrected chi connectivity index (χ4v) is 3.59. The Labute approximate surface area is 112 Å². The molecule has 0 N–H and O–H groups in total. The standard InChI is InChI=1S/C10H15ClN4O2S/c1-14(2)18(16,17)15-7-3-4-8(15)9-10(11)13-6-5-12-9/h5-6,8H,3-4,7H2,1-2H3. The van der Waals surface area contributed by atoms with Gasteiger partial charge in [-0.05, 0) is 12.8 Å². The van der Waals surface area contributed by atoms with Gasteiger partial charge in [0, 0.05) is 33.0 Å². The van der Waals surface area contributed by atoms with Crippen molar-refractivity contribution in [3.63, 3.8) is 0 Å². The Morgan fingerprint density at radius 1 is 1.39 bits per heavy atom. The van der Waals surface area contributed by atoms with Crippen LogP contribution in [0.25, 0.3) is 0 Å². The van der Waals surface area contributed by atoms with Gasteiger partial charge < -0.3 is 0 Å². The lowest BCUT2D eigenvalue weighted by Gasteiger charge is -2.26. The molecule has 0 aliphatic carbocycles. The molecule has 0 saturated carbocycles. The molecule has 1 unspecified atom stereocenters. The van der Waals surface area contributed by atoms with E-state index in [-0.39, 0.29) is 11.2 Å². The van der Waals surface area contributed by atoms with E-state index in [1.54, 1.807) is 0 Å². The Kier molecular flexibility index (Phi) is 3.86. The van der Waals surface area contributed by atoms with E-state index in [4.69, 9.17) is 11.6 Å². The molecule has 1 fully saturated rings.